The predicted molar refractivity (Wildman–Crippen MR) is 47.7 cm³/mol. The van der Waals surface area contributed by atoms with E-state index in [-0.39, 0.29) is 11.6 Å². The average molecular weight is 193 g/mol. The van der Waals surface area contributed by atoms with Crippen LogP contribution in [0, 0.1) is 5.92 Å². The van der Waals surface area contributed by atoms with E-state index >= 15 is 0 Å². The summed E-state index contributed by atoms with van der Waals surface area (Å²) in [5.74, 6) is -0.604. The smallest absolute Gasteiger partial charge is 0.195 e. The molecule has 1 unspecified atom stereocenters. The van der Waals surface area contributed by atoms with Crippen LogP contribution in [0.1, 0.15) is 29.8 Å². The summed E-state index contributed by atoms with van der Waals surface area (Å²) in [6, 6.07) is 0. The highest BCUT2D eigenvalue weighted by Gasteiger charge is 2.32. The normalized spacial score (nSPS) is 21.5. The van der Waals surface area contributed by atoms with Gasteiger partial charge in [-0.15, -0.1) is 0 Å². The van der Waals surface area contributed by atoms with Gasteiger partial charge >= 0.3 is 0 Å². The summed E-state index contributed by atoms with van der Waals surface area (Å²) in [4.78, 5) is 24.4. The molecule has 1 fully saturated rings. The Morgan fingerprint density at radius 1 is 1.64 bits per heavy atom. The molecular weight excluding hydrogens is 182 g/mol. The Bertz CT molecular complexity index is 383. The standard InChI is InChI=1S/C9H11N3O2/c1-12-10-5-7(11-12)9(14)6-3-2-4-8(6)13/h5-6H,2-4H2,1H3. The minimum absolute atomic E-state index is 0.0423. The molecule has 0 N–H and O–H groups in total. The highest BCUT2D eigenvalue weighted by Crippen LogP contribution is 2.24. The van der Waals surface area contributed by atoms with E-state index in [1.54, 1.807) is 7.05 Å². The van der Waals surface area contributed by atoms with E-state index < -0.39 is 5.92 Å². The van der Waals surface area contributed by atoms with Crippen molar-refractivity contribution < 1.29 is 9.59 Å². The van der Waals surface area contributed by atoms with Crippen molar-refractivity contribution in [1.29, 1.82) is 0 Å². The molecule has 0 amide bonds. The number of nitrogens with zero attached hydrogens (tertiary/aromatic N) is 3. The molecule has 0 radical (unpaired) electrons. The van der Waals surface area contributed by atoms with E-state index in [2.05, 4.69) is 10.2 Å². The van der Waals surface area contributed by atoms with Crippen LogP contribution in [-0.2, 0) is 11.8 Å². The third-order valence-electron chi connectivity index (χ3n) is 2.47. The van der Waals surface area contributed by atoms with Crippen LogP contribution in [0.15, 0.2) is 6.20 Å². The molecule has 0 aliphatic heterocycles. The predicted octanol–water partition coefficient (Wildman–Crippen LogP) is 0.367. The lowest BCUT2D eigenvalue weighted by Gasteiger charge is -2.02. The second-order valence-corrected chi connectivity index (χ2v) is 3.49. The van der Waals surface area contributed by atoms with Gasteiger partial charge in [0, 0.05) is 13.5 Å². The first-order chi connectivity index (χ1) is 6.68. The molecule has 1 aliphatic rings. The summed E-state index contributed by atoms with van der Waals surface area (Å²) in [7, 11) is 1.65. The van der Waals surface area contributed by atoms with Crippen molar-refractivity contribution >= 4 is 11.6 Å². The van der Waals surface area contributed by atoms with Gasteiger partial charge < -0.3 is 0 Å². The maximum absolute atomic E-state index is 11.7. The fourth-order valence-corrected chi connectivity index (χ4v) is 1.73. The van der Waals surface area contributed by atoms with Crippen LogP contribution >= 0.6 is 0 Å². The summed E-state index contributed by atoms with van der Waals surface area (Å²) >= 11 is 0. The molecule has 74 valence electrons. The second kappa shape index (κ2) is 3.32. The Labute approximate surface area is 81.1 Å². The van der Waals surface area contributed by atoms with Crippen molar-refractivity contribution in [3.8, 4) is 0 Å². The maximum Gasteiger partial charge on any atom is 0.195 e. The lowest BCUT2D eigenvalue weighted by Crippen LogP contribution is -2.19. The number of ketones is 2. The Morgan fingerprint density at radius 3 is 2.93 bits per heavy atom. The second-order valence-electron chi connectivity index (χ2n) is 3.49. The first-order valence-electron chi connectivity index (χ1n) is 4.62. The zero-order chi connectivity index (χ0) is 10.1. The van der Waals surface area contributed by atoms with Gasteiger partial charge in [-0.3, -0.25) is 9.59 Å². The van der Waals surface area contributed by atoms with Crippen molar-refractivity contribution in [1.82, 2.24) is 15.0 Å². The number of hydrogen-bond acceptors (Lipinski definition) is 4. The number of rotatable bonds is 2. The molecular formula is C9H11N3O2. The molecule has 1 aliphatic carbocycles. The number of hydrogen-bond donors (Lipinski definition) is 0. The molecule has 0 saturated heterocycles. The van der Waals surface area contributed by atoms with Gasteiger partial charge in [0.2, 0.25) is 0 Å². The Morgan fingerprint density at radius 2 is 2.43 bits per heavy atom. The molecule has 5 heteroatoms. The molecule has 0 spiro atoms. The Balaban J connectivity index is 2.19. The van der Waals surface area contributed by atoms with Gasteiger partial charge in [0.25, 0.3) is 0 Å². The van der Waals surface area contributed by atoms with Crippen LogP contribution in [0.4, 0.5) is 0 Å². The van der Waals surface area contributed by atoms with Crippen molar-refractivity contribution in [3.63, 3.8) is 0 Å². The fraction of sp³-hybridized carbons (Fsp3) is 0.556. The van der Waals surface area contributed by atoms with Crippen molar-refractivity contribution in [2.75, 3.05) is 0 Å². The quantitative estimate of drug-likeness (QED) is 0.502. The van der Waals surface area contributed by atoms with E-state index in [9.17, 15) is 9.59 Å². The number of aryl methyl sites for hydroxylation is 1. The van der Waals surface area contributed by atoms with Crippen LogP contribution in [0.3, 0.4) is 0 Å². The van der Waals surface area contributed by atoms with Gasteiger partial charge in [-0.25, -0.2) is 0 Å². The molecule has 1 atom stereocenters. The van der Waals surface area contributed by atoms with Crippen LogP contribution in [0.25, 0.3) is 0 Å². The number of aromatic nitrogens is 3. The molecule has 1 heterocycles. The van der Waals surface area contributed by atoms with Gasteiger partial charge in [0.05, 0.1) is 12.1 Å². The van der Waals surface area contributed by atoms with Gasteiger partial charge in [0.15, 0.2) is 5.78 Å². The fourth-order valence-electron chi connectivity index (χ4n) is 1.73. The maximum atomic E-state index is 11.7. The molecule has 14 heavy (non-hydrogen) atoms. The minimum atomic E-state index is -0.466. The third-order valence-corrected chi connectivity index (χ3v) is 2.47. The molecule has 1 aromatic rings. The van der Waals surface area contributed by atoms with Crippen LogP contribution < -0.4 is 0 Å². The molecule has 0 aromatic carbocycles. The van der Waals surface area contributed by atoms with Gasteiger partial charge in [-0.1, -0.05) is 0 Å². The van der Waals surface area contributed by atoms with Gasteiger partial charge in [-0.2, -0.15) is 15.0 Å². The molecule has 5 nitrogen and oxygen atoms in total. The summed E-state index contributed by atoms with van der Waals surface area (Å²) in [6.45, 7) is 0. The highest BCUT2D eigenvalue weighted by molar-refractivity contribution is 6.10. The zero-order valence-corrected chi connectivity index (χ0v) is 7.93. The number of Topliss-reactive ketones (excluding diaryl/α,β-unsaturated/α-hetero) is 2. The summed E-state index contributed by atoms with van der Waals surface area (Å²) < 4.78 is 0. The van der Waals surface area contributed by atoms with Crippen LogP contribution in [-0.4, -0.2) is 26.6 Å². The first kappa shape index (κ1) is 9.05. The van der Waals surface area contributed by atoms with Gasteiger partial charge in [-0.05, 0) is 12.8 Å². The minimum Gasteiger partial charge on any atom is -0.299 e. The molecule has 2 rings (SSSR count). The van der Waals surface area contributed by atoms with Crippen LogP contribution in [0.5, 0.6) is 0 Å². The summed E-state index contributed by atoms with van der Waals surface area (Å²) in [5, 5.41) is 7.70. The van der Waals surface area contributed by atoms with Crippen LogP contribution in [0.2, 0.25) is 0 Å². The van der Waals surface area contributed by atoms with E-state index in [1.807, 2.05) is 0 Å². The topological polar surface area (TPSA) is 64.8 Å². The Kier molecular flexibility index (Phi) is 2.15. The number of carbonyl (C=O) groups is 2. The van der Waals surface area contributed by atoms with Gasteiger partial charge in [0.1, 0.15) is 11.5 Å². The monoisotopic (exact) mass is 193 g/mol. The first-order valence-corrected chi connectivity index (χ1v) is 4.62. The molecule has 1 saturated carbocycles. The summed E-state index contributed by atoms with van der Waals surface area (Å²) in [6.07, 6.45) is 3.41. The lowest BCUT2D eigenvalue weighted by molar-refractivity contribution is -0.119. The van der Waals surface area contributed by atoms with E-state index in [0.717, 1.165) is 6.42 Å². The zero-order valence-electron chi connectivity index (χ0n) is 7.93. The van der Waals surface area contributed by atoms with Crippen molar-refractivity contribution in [2.24, 2.45) is 13.0 Å². The third kappa shape index (κ3) is 1.45. The highest BCUT2D eigenvalue weighted by atomic mass is 16.2. The lowest BCUT2D eigenvalue weighted by atomic mass is 10.00. The largest absolute Gasteiger partial charge is 0.299 e. The SMILES string of the molecule is Cn1ncc(C(=O)C2CCCC2=O)n1. The average Bonchev–Trinajstić information content (AvgIpc) is 2.73. The number of carbonyl (C=O) groups excluding carboxylic acids is 2. The van der Waals surface area contributed by atoms with E-state index in [4.69, 9.17) is 0 Å². The summed E-state index contributed by atoms with van der Waals surface area (Å²) in [5.41, 5.74) is 0.299. The molecule has 1 aromatic heterocycles. The van der Waals surface area contributed by atoms with Crippen molar-refractivity contribution in [3.05, 3.63) is 11.9 Å². The molecule has 0 bridgehead atoms. The van der Waals surface area contributed by atoms with Crippen molar-refractivity contribution in [2.45, 2.75) is 19.3 Å². The van der Waals surface area contributed by atoms with E-state index in [1.165, 1.54) is 11.0 Å². The Hall–Kier alpha value is -1.52. The van der Waals surface area contributed by atoms with E-state index in [0.29, 0.717) is 18.5 Å².